The summed E-state index contributed by atoms with van der Waals surface area (Å²) < 4.78 is 17.0. The molecule has 1 aliphatic heterocycles. The van der Waals surface area contributed by atoms with Crippen molar-refractivity contribution in [2.24, 2.45) is 23.2 Å². The molecule has 0 bridgehead atoms. The highest BCUT2D eigenvalue weighted by Crippen LogP contribution is 2.73. The Balaban J connectivity index is 0.790. The summed E-state index contributed by atoms with van der Waals surface area (Å²) in [6, 6.07) is 14.2. The van der Waals surface area contributed by atoms with E-state index in [0.29, 0.717) is 24.1 Å². The second kappa shape index (κ2) is 14.5. The van der Waals surface area contributed by atoms with Crippen molar-refractivity contribution in [1.82, 2.24) is 9.88 Å². The van der Waals surface area contributed by atoms with Crippen LogP contribution in [0.3, 0.4) is 0 Å². The number of benzene rings is 2. The number of nitrogens with one attached hydrogen (secondary N) is 1. The molecule has 2 aromatic carbocycles. The smallest absolute Gasteiger partial charge is 0.306 e. The number of ketones is 2. The quantitative estimate of drug-likeness (QED) is 0.184. The number of pyridine rings is 1. The fraction of sp³-hybridized carbons (Fsp3) is 0.455. The third-order valence-corrected chi connectivity index (χ3v) is 13.1. The number of aromatic nitrogens is 1. The number of Topliss-reactive ketones (excluding diaryl/α,β-unsaturated/α-hetero) is 1. The molecular weight excluding hydrogens is 714 g/mol. The Kier molecular flexibility index (Phi) is 9.79. The van der Waals surface area contributed by atoms with Gasteiger partial charge >= 0.3 is 11.9 Å². The van der Waals surface area contributed by atoms with E-state index < -0.39 is 47.3 Å². The van der Waals surface area contributed by atoms with Gasteiger partial charge in [-0.2, -0.15) is 0 Å². The molecule has 2 N–H and O–H groups in total. The maximum atomic E-state index is 13.6. The average Bonchev–Trinajstić information content (AvgIpc) is 3.70. The van der Waals surface area contributed by atoms with Crippen LogP contribution in [0.1, 0.15) is 69.0 Å². The van der Waals surface area contributed by atoms with E-state index in [1.807, 2.05) is 61.5 Å². The third-order valence-electron chi connectivity index (χ3n) is 13.1. The fourth-order valence-corrected chi connectivity index (χ4v) is 10.4. The van der Waals surface area contributed by atoms with Crippen LogP contribution in [0.15, 0.2) is 84.7 Å². The summed E-state index contributed by atoms with van der Waals surface area (Å²) in [5, 5.41) is 16.5. The highest BCUT2D eigenvalue weighted by Gasteiger charge is 2.83. The third kappa shape index (κ3) is 6.57. The number of esters is 2. The standard InChI is InChI=1S/C44H47N3O9/c1-42-17-14-32(48)21-30(42)9-11-33-34-15-18-43(44(34,56-43)22-35(49)39(33)42)36(50)25-55-38(52)13-12-37(51)54-24-26-4-6-27(7-5-26)40(47(2)3)41(53)46-31-10-8-29-23-45-19-16-28(29)20-31/h4-8,10,14,16-17,19-21,23,33-35,39-40,49H,9,11-13,15,18,22,24-25H2,1-3H3,(H,46,53)/t33-,34-,35-,39+,40?,42-,43-,44+/m0/s1. The Morgan fingerprint density at radius 2 is 1.79 bits per heavy atom. The molecule has 56 heavy (non-hydrogen) atoms. The normalized spacial score (nSPS) is 30.3. The van der Waals surface area contributed by atoms with Crippen LogP contribution in [0.5, 0.6) is 0 Å². The van der Waals surface area contributed by atoms with Gasteiger partial charge in [0, 0.05) is 41.2 Å². The number of hydrogen-bond acceptors (Lipinski definition) is 11. The lowest BCUT2D eigenvalue weighted by atomic mass is 9.49. The summed E-state index contributed by atoms with van der Waals surface area (Å²) in [5.41, 5.74) is 0.985. The van der Waals surface area contributed by atoms with Crippen molar-refractivity contribution in [2.75, 3.05) is 26.0 Å². The first-order valence-corrected chi connectivity index (χ1v) is 19.4. The summed E-state index contributed by atoms with van der Waals surface area (Å²) in [6.45, 7) is 1.63. The number of allylic oxidation sites excluding steroid dienone is 4. The van der Waals surface area contributed by atoms with Crippen LogP contribution in [-0.2, 0) is 44.8 Å². The molecule has 4 aliphatic carbocycles. The van der Waals surface area contributed by atoms with Crippen LogP contribution in [0, 0.1) is 23.2 Å². The SMILES string of the molecule is CN(C)C(C(=O)Nc1ccc2cnccc2c1)c1ccc(COC(=O)CCC(=O)OCC(=O)[C@@]23CC[C@H]4[C@@H]5CCC6=CC(=O)C=C[C@]6(C)[C@H]5[C@@H](O)C[C@@]42O3)cc1. The van der Waals surface area contributed by atoms with E-state index >= 15 is 0 Å². The van der Waals surface area contributed by atoms with E-state index in [2.05, 4.69) is 17.2 Å². The highest BCUT2D eigenvalue weighted by molar-refractivity contribution is 6.01. The van der Waals surface area contributed by atoms with Crippen LogP contribution in [0.4, 0.5) is 5.69 Å². The van der Waals surface area contributed by atoms with Gasteiger partial charge in [-0.25, -0.2) is 0 Å². The number of nitrogens with zero attached hydrogens (tertiary/aromatic N) is 2. The maximum absolute atomic E-state index is 13.6. The van der Waals surface area contributed by atoms with Crippen LogP contribution >= 0.6 is 0 Å². The van der Waals surface area contributed by atoms with Gasteiger partial charge in [-0.1, -0.05) is 48.9 Å². The van der Waals surface area contributed by atoms with Gasteiger partial charge in [-0.3, -0.25) is 33.9 Å². The van der Waals surface area contributed by atoms with Crippen LogP contribution < -0.4 is 5.32 Å². The number of carbonyl (C=O) groups is 5. The number of epoxide rings is 1. The van der Waals surface area contributed by atoms with Crippen molar-refractivity contribution in [1.29, 1.82) is 0 Å². The second-order valence-corrected chi connectivity index (χ2v) is 16.4. The Bertz CT molecular complexity index is 2160. The van der Waals surface area contributed by atoms with Gasteiger partial charge in [0.2, 0.25) is 11.7 Å². The van der Waals surface area contributed by atoms with Gasteiger partial charge in [0.1, 0.15) is 18.2 Å². The summed E-state index contributed by atoms with van der Waals surface area (Å²) >= 11 is 0. The summed E-state index contributed by atoms with van der Waals surface area (Å²) in [5.74, 6) is -1.62. The predicted molar refractivity (Wildman–Crippen MR) is 205 cm³/mol. The van der Waals surface area contributed by atoms with Gasteiger partial charge in [0.05, 0.1) is 18.9 Å². The number of anilines is 1. The Labute approximate surface area is 325 Å². The average molecular weight is 762 g/mol. The fourth-order valence-electron chi connectivity index (χ4n) is 10.4. The van der Waals surface area contributed by atoms with Crippen molar-refractivity contribution < 1.29 is 43.3 Å². The molecule has 8 atom stereocenters. The summed E-state index contributed by atoms with van der Waals surface area (Å²) in [6.07, 6.45) is 10.8. The molecule has 292 valence electrons. The van der Waals surface area contributed by atoms with Gasteiger partial charge in [-0.05, 0) is 98.5 Å². The molecule has 1 amide bonds. The number of carbonyl (C=O) groups excluding carboxylic acids is 5. The predicted octanol–water partition coefficient (Wildman–Crippen LogP) is 5.19. The zero-order valence-electron chi connectivity index (χ0n) is 31.9. The van der Waals surface area contributed by atoms with E-state index in [9.17, 15) is 29.1 Å². The summed E-state index contributed by atoms with van der Waals surface area (Å²) in [7, 11) is 3.65. The van der Waals surface area contributed by atoms with E-state index in [4.69, 9.17) is 14.2 Å². The molecule has 4 fully saturated rings. The van der Waals surface area contributed by atoms with Gasteiger partial charge < -0.3 is 24.6 Å². The van der Waals surface area contributed by atoms with Crippen molar-refractivity contribution in [2.45, 2.75) is 81.8 Å². The Morgan fingerprint density at radius 3 is 2.55 bits per heavy atom. The van der Waals surface area contributed by atoms with Crippen molar-refractivity contribution in [3.8, 4) is 0 Å². The molecule has 1 aromatic heterocycles. The molecular formula is C44H47N3O9. The van der Waals surface area contributed by atoms with E-state index in [-0.39, 0.29) is 54.7 Å². The number of aliphatic hydroxyl groups is 1. The molecule has 3 saturated carbocycles. The lowest BCUT2D eigenvalue weighted by molar-refractivity contribution is -0.153. The topological polar surface area (TPSA) is 165 Å². The Morgan fingerprint density at radius 1 is 1.02 bits per heavy atom. The van der Waals surface area contributed by atoms with Gasteiger partial charge in [0.15, 0.2) is 18.0 Å². The van der Waals surface area contributed by atoms with Crippen LogP contribution in [-0.4, -0.2) is 82.4 Å². The van der Waals surface area contributed by atoms with Crippen molar-refractivity contribution >= 4 is 45.9 Å². The second-order valence-electron chi connectivity index (χ2n) is 16.4. The minimum atomic E-state index is -1.07. The highest BCUT2D eigenvalue weighted by atomic mass is 16.6. The molecule has 8 rings (SSSR count). The monoisotopic (exact) mass is 761 g/mol. The number of likely N-dealkylation sites (N-methyl/N-ethyl adjacent to an activating group) is 1. The molecule has 1 saturated heterocycles. The molecule has 1 spiro atoms. The number of hydrogen-bond donors (Lipinski definition) is 2. The van der Waals surface area contributed by atoms with Crippen molar-refractivity contribution in [3.05, 3.63) is 95.9 Å². The molecule has 1 unspecified atom stereocenters. The Hall–Kier alpha value is -5.04. The number of fused-ring (bicyclic) bond motifs is 5. The summed E-state index contributed by atoms with van der Waals surface area (Å²) in [4.78, 5) is 70.1. The zero-order valence-corrected chi connectivity index (χ0v) is 31.9. The zero-order chi connectivity index (χ0) is 39.4. The molecule has 2 heterocycles. The minimum absolute atomic E-state index is 0.0145. The van der Waals surface area contributed by atoms with Gasteiger partial charge in [0.25, 0.3) is 0 Å². The van der Waals surface area contributed by atoms with Crippen molar-refractivity contribution in [3.63, 3.8) is 0 Å². The van der Waals surface area contributed by atoms with Crippen LogP contribution in [0.2, 0.25) is 0 Å². The largest absolute Gasteiger partial charge is 0.461 e. The first-order chi connectivity index (χ1) is 26.8. The minimum Gasteiger partial charge on any atom is -0.461 e. The lowest BCUT2D eigenvalue weighted by Gasteiger charge is -2.55. The van der Waals surface area contributed by atoms with E-state index in [1.165, 1.54) is 0 Å². The number of aliphatic hydroxyl groups excluding tert-OH is 1. The lowest BCUT2D eigenvalue weighted by Crippen LogP contribution is -2.56. The first-order valence-electron chi connectivity index (χ1n) is 19.4. The first kappa shape index (κ1) is 37.9. The molecule has 5 aliphatic rings. The molecule has 0 radical (unpaired) electrons. The molecule has 12 nitrogen and oxygen atoms in total. The number of ether oxygens (including phenoxy) is 3. The van der Waals surface area contributed by atoms with Gasteiger partial charge in [-0.15, -0.1) is 0 Å². The molecule has 3 aromatic rings. The molecule has 12 heteroatoms. The maximum Gasteiger partial charge on any atom is 0.306 e. The van der Waals surface area contributed by atoms with E-state index in [0.717, 1.165) is 41.2 Å². The van der Waals surface area contributed by atoms with E-state index in [1.54, 1.807) is 36.7 Å². The van der Waals surface area contributed by atoms with Crippen LogP contribution in [0.25, 0.3) is 10.8 Å². The number of amides is 1. The number of rotatable bonds is 12.